The maximum atomic E-state index is 13.2. The lowest BCUT2D eigenvalue weighted by Crippen LogP contribution is -2.45. The van der Waals surface area contributed by atoms with E-state index in [9.17, 15) is 14.4 Å². The van der Waals surface area contributed by atoms with Gasteiger partial charge in [0.2, 0.25) is 5.91 Å². The average Bonchev–Trinajstić information content (AvgIpc) is 3.38. The second-order valence-electron chi connectivity index (χ2n) is 8.98. The Bertz CT molecular complexity index is 1400. The second-order valence-corrected chi connectivity index (χ2v) is 8.98. The molecule has 2 N–H and O–H groups in total. The van der Waals surface area contributed by atoms with E-state index in [1.54, 1.807) is 53.4 Å². The minimum Gasteiger partial charge on any atom is -0.340 e. The van der Waals surface area contributed by atoms with Crippen LogP contribution in [0.25, 0.3) is 0 Å². The van der Waals surface area contributed by atoms with Gasteiger partial charge in [-0.05, 0) is 60.0 Å². The molecule has 0 spiro atoms. The van der Waals surface area contributed by atoms with Gasteiger partial charge in [0.15, 0.2) is 0 Å². The summed E-state index contributed by atoms with van der Waals surface area (Å²) in [7, 11) is 0. The monoisotopic (exact) mass is 489 g/mol. The average molecular weight is 490 g/mol. The van der Waals surface area contributed by atoms with Gasteiger partial charge in [0.05, 0.1) is 0 Å². The van der Waals surface area contributed by atoms with E-state index < -0.39 is 6.04 Å². The normalized spacial score (nSPS) is 12.9. The van der Waals surface area contributed by atoms with Gasteiger partial charge < -0.3 is 15.5 Å². The minimum atomic E-state index is -0.780. The van der Waals surface area contributed by atoms with Crippen LogP contribution < -0.4 is 15.5 Å². The second kappa shape index (κ2) is 10.9. The zero-order chi connectivity index (χ0) is 25.6. The zero-order valence-corrected chi connectivity index (χ0v) is 20.3. The van der Waals surface area contributed by atoms with Crippen LogP contribution in [0.3, 0.4) is 0 Å². The number of nitrogens with zero attached hydrogens (tertiary/aromatic N) is 1. The van der Waals surface area contributed by atoms with Crippen molar-refractivity contribution in [3.63, 3.8) is 0 Å². The molecule has 0 fully saturated rings. The molecule has 5 rings (SSSR count). The molecule has 0 aliphatic carbocycles. The Hall–Kier alpha value is -4.71. The molecule has 0 radical (unpaired) electrons. The molecule has 6 nitrogen and oxygen atoms in total. The molecule has 1 atom stereocenters. The molecule has 6 heteroatoms. The number of nitrogens with one attached hydrogen (secondary N) is 2. The lowest BCUT2D eigenvalue weighted by Gasteiger charge is -2.20. The molecule has 1 aliphatic rings. The van der Waals surface area contributed by atoms with E-state index in [2.05, 4.69) is 10.6 Å². The van der Waals surface area contributed by atoms with E-state index in [0.29, 0.717) is 29.8 Å². The first-order chi connectivity index (χ1) is 18.1. The molecule has 1 aliphatic heterocycles. The molecular weight excluding hydrogens is 462 g/mol. The van der Waals surface area contributed by atoms with E-state index in [-0.39, 0.29) is 17.7 Å². The van der Waals surface area contributed by atoms with E-state index in [4.69, 9.17) is 0 Å². The largest absolute Gasteiger partial charge is 0.340 e. The molecule has 3 amide bonds. The van der Waals surface area contributed by atoms with Gasteiger partial charge >= 0.3 is 0 Å². The maximum absolute atomic E-state index is 13.2. The summed E-state index contributed by atoms with van der Waals surface area (Å²) in [5.41, 5.74) is 4.63. The number of hydrogen-bond acceptors (Lipinski definition) is 3. The summed E-state index contributed by atoms with van der Waals surface area (Å²) in [4.78, 5) is 40.9. The Balaban J connectivity index is 1.29. The van der Waals surface area contributed by atoms with Gasteiger partial charge in [0, 0.05) is 35.5 Å². The Labute approximate surface area is 215 Å². The third-order valence-corrected chi connectivity index (χ3v) is 6.47. The standard InChI is InChI=1S/C31H27N3O3/c35-29(24-12-5-2-6-13-24)33-27(21-22-9-3-1-4-10-22)30(36)32-26-17-15-25(16-18-26)31(37)34-20-19-23-11-7-8-14-28(23)34/h1-18,27H,19-21H2,(H,32,36)(H,33,35). The first kappa shape index (κ1) is 24.0. The molecule has 0 saturated heterocycles. The molecule has 1 unspecified atom stereocenters. The van der Waals surface area contributed by atoms with Gasteiger partial charge in [-0.2, -0.15) is 0 Å². The molecule has 37 heavy (non-hydrogen) atoms. The van der Waals surface area contributed by atoms with Gasteiger partial charge in [-0.1, -0.05) is 66.7 Å². The van der Waals surface area contributed by atoms with E-state index in [1.165, 1.54) is 5.56 Å². The number of fused-ring (bicyclic) bond motifs is 1. The molecular formula is C31H27N3O3. The summed E-state index contributed by atoms with van der Waals surface area (Å²) in [6, 6.07) is 32.4. The Morgan fingerprint density at radius 1 is 0.730 bits per heavy atom. The number of carbonyl (C=O) groups is 3. The summed E-state index contributed by atoms with van der Waals surface area (Å²) in [5.74, 6) is -0.718. The van der Waals surface area contributed by atoms with Crippen LogP contribution in [0.5, 0.6) is 0 Å². The third-order valence-electron chi connectivity index (χ3n) is 6.47. The summed E-state index contributed by atoms with van der Waals surface area (Å²) < 4.78 is 0. The Morgan fingerprint density at radius 3 is 2.11 bits per heavy atom. The van der Waals surface area contributed by atoms with Crippen molar-refractivity contribution in [2.24, 2.45) is 0 Å². The topological polar surface area (TPSA) is 78.5 Å². The van der Waals surface area contributed by atoms with Gasteiger partial charge in [0.25, 0.3) is 11.8 Å². The lowest BCUT2D eigenvalue weighted by atomic mass is 10.0. The van der Waals surface area contributed by atoms with Crippen LogP contribution in [0.15, 0.2) is 109 Å². The van der Waals surface area contributed by atoms with Crippen molar-refractivity contribution in [3.05, 3.63) is 131 Å². The molecule has 0 saturated carbocycles. The van der Waals surface area contributed by atoms with Crippen LogP contribution in [0.1, 0.15) is 31.8 Å². The predicted molar refractivity (Wildman–Crippen MR) is 145 cm³/mol. The minimum absolute atomic E-state index is 0.0695. The number of amides is 3. The van der Waals surface area contributed by atoms with Gasteiger partial charge in [-0.25, -0.2) is 0 Å². The number of benzene rings is 4. The third kappa shape index (κ3) is 5.59. The van der Waals surface area contributed by atoms with Gasteiger partial charge in [0.1, 0.15) is 6.04 Å². The van der Waals surface area contributed by atoms with Crippen LogP contribution >= 0.6 is 0 Å². The Morgan fingerprint density at radius 2 is 1.38 bits per heavy atom. The van der Waals surface area contributed by atoms with Crippen LogP contribution in [0.4, 0.5) is 11.4 Å². The summed E-state index contributed by atoms with van der Waals surface area (Å²) in [6.45, 7) is 0.652. The van der Waals surface area contributed by atoms with E-state index >= 15 is 0 Å². The first-order valence-corrected chi connectivity index (χ1v) is 12.3. The van der Waals surface area contributed by atoms with Gasteiger partial charge in [-0.3, -0.25) is 14.4 Å². The van der Waals surface area contributed by atoms with E-state index in [0.717, 1.165) is 17.7 Å². The van der Waals surface area contributed by atoms with Crippen molar-refractivity contribution in [2.75, 3.05) is 16.8 Å². The quantitative estimate of drug-likeness (QED) is 0.389. The van der Waals surface area contributed by atoms with E-state index in [1.807, 2.05) is 60.7 Å². The molecule has 4 aromatic rings. The van der Waals surface area contributed by atoms with Crippen molar-refractivity contribution in [1.29, 1.82) is 0 Å². The van der Waals surface area contributed by atoms with Crippen molar-refractivity contribution < 1.29 is 14.4 Å². The first-order valence-electron chi connectivity index (χ1n) is 12.3. The highest BCUT2D eigenvalue weighted by atomic mass is 16.2. The molecule has 184 valence electrons. The SMILES string of the molecule is O=C(NC(Cc1ccccc1)C(=O)Nc1ccc(C(=O)N2CCc3ccccc32)cc1)c1ccccc1. The summed E-state index contributed by atoms with van der Waals surface area (Å²) >= 11 is 0. The molecule has 4 aromatic carbocycles. The smallest absolute Gasteiger partial charge is 0.258 e. The predicted octanol–water partition coefficient (Wildman–Crippen LogP) is 4.87. The highest BCUT2D eigenvalue weighted by molar-refractivity contribution is 6.07. The van der Waals surface area contributed by atoms with Crippen molar-refractivity contribution in [3.8, 4) is 0 Å². The highest BCUT2D eigenvalue weighted by Gasteiger charge is 2.26. The molecule has 0 aromatic heterocycles. The van der Waals surface area contributed by atoms with Crippen LogP contribution in [-0.4, -0.2) is 30.3 Å². The fraction of sp³-hybridized carbons (Fsp3) is 0.129. The fourth-order valence-electron chi connectivity index (χ4n) is 4.52. The van der Waals surface area contributed by atoms with Crippen LogP contribution in [0.2, 0.25) is 0 Å². The molecule has 1 heterocycles. The van der Waals surface area contributed by atoms with Crippen molar-refractivity contribution >= 4 is 29.1 Å². The Kier molecular flexibility index (Phi) is 7.08. The number of rotatable bonds is 7. The number of carbonyl (C=O) groups excluding carboxylic acids is 3. The number of anilines is 2. The van der Waals surface area contributed by atoms with Crippen molar-refractivity contribution in [1.82, 2.24) is 5.32 Å². The van der Waals surface area contributed by atoms with Gasteiger partial charge in [-0.15, -0.1) is 0 Å². The lowest BCUT2D eigenvalue weighted by molar-refractivity contribution is -0.118. The summed E-state index contributed by atoms with van der Waals surface area (Å²) in [5, 5.41) is 5.76. The zero-order valence-electron chi connectivity index (χ0n) is 20.3. The maximum Gasteiger partial charge on any atom is 0.258 e. The molecule has 0 bridgehead atoms. The van der Waals surface area contributed by atoms with Crippen LogP contribution in [-0.2, 0) is 17.6 Å². The summed E-state index contributed by atoms with van der Waals surface area (Å²) in [6.07, 6.45) is 1.18. The number of hydrogen-bond donors (Lipinski definition) is 2. The highest BCUT2D eigenvalue weighted by Crippen LogP contribution is 2.29. The van der Waals surface area contributed by atoms with Crippen LogP contribution in [0, 0.1) is 0 Å². The fourth-order valence-corrected chi connectivity index (χ4v) is 4.52. The number of para-hydroxylation sites is 1. The van der Waals surface area contributed by atoms with Crippen molar-refractivity contribution in [2.45, 2.75) is 18.9 Å².